The molecule has 0 atom stereocenters. The average molecular weight is 357 g/mol. The number of hydrogen-bond donors (Lipinski definition) is 2. The van der Waals surface area contributed by atoms with E-state index in [9.17, 15) is 14.8 Å². The first-order valence-electron chi connectivity index (χ1n) is 7.92. The zero-order chi connectivity index (χ0) is 17.8. The molecule has 0 bridgehead atoms. The molecule has 0 aliphatic rings. The Morgan fingerprint density at radius 3 is 2.64 bits per heavy atom. The van der Waals surface area contributed by atoms with Gasteiger partial charge >= 0.3 is 0 Å². The molecule has 3 aromatic rings. The number of halogens is 1. The van der Waals surface area contributed by atoms with Gasteiger partial charge in [-0.2, -0.15) is 4.73 Å². The van der Waals surface area contributed by atoms with Gasteiger partial charge in [0.1, 0.15) is 0 Å². The second-order valence-corrected chi connectivity index (χ2v) is 6.19. The van der Waals surface area contributed by atoms with E-state index in [0.717, 1.165) is 18.4 Å². The normalized spacial score (nSPS) is 10.8. The third-order valence-electron chi connectivity index (χ3n) is 3.99. The number of hydrogen-bond acceptors (Lipinski definition) is 3. The van der Waals surface area contributed by atoms with Gasteiger partial charge in [0.05, 0.1) is 5.39 Å². The largest absolute Gasteiger partial charge is 0.425 e. The number of carbonyl (C=O) groups is 1. The van der Waals surface area contributed by atoms with E-state index in [-0.39, 0.29) is 5.91 Å². The minimum atomic E-state index is -0.546. The highest BCUT2D eigenvalue weighted by molar-refractivity contribution is 6.30. The summed E-state index contributed by atoms with van der Waals surface area (Å²) in [5, 5.41) is 14.0. The zero-order valence-corrected chi connectivity index (χ0v) is 14.2. The third-order valence-corrected chi connectivity index (χ3v) is 4.24. The van der Waals surface area contributed by atoms with Crippen LogP contribution in [0.4, 0.5) is 0 Å². The lowest BCUT2D eigenvalue weighted by Gasteiger charge is -2.07. The summed E-state index contributed by atoms with van der Waals surface area (Å²) in [5.74, 6) is -0.245. The highest BCUT2D eigenvalue weighted by atomic mass is 35.5. The molecule has 2 aromatic carbocycles. The maximum Gasteiger partial charge on any atom is 0.290 e. The maximum absolute atomic E-state index is 12.2. The third kappa shape index (κ3) is 4.00. The smallest absolute Gasteiger partial charge is 0.290 e. The minimum absolute atomic E-state index is 0.245. The minimum Gasteiger partial charge on any atom is -0.425 e. The number of nitrogens with one attached hydrogen (secondary N) is 1. The highest BCUT2D eigenvalue weighted by Gasteiger charge is 2.08. The van der Waals surface area contributed by atoms with Crippen molar-refractivity contribution < 1.29 is 10.0 Å². The van der Waals surface area contributed by atoms with Gasteiger partial charge < -0.3 is 10.5 Å². The number of aryl methyl sites for hydroxylation is 1. The molecule has 25 heavy (non-hydrogen) atoms. The van der Waals surface area contributed by atoms with Gasteiger partial charge in [0.2, 0.25) is 0 Å². The Kier molecular flexibility index (Phi) is 5.05. The molecule has 0 saturated carbocycles. The fourth-order valence-electron chi connectivity index (χ4n) is 2.62. The molecule has 1 amide bonds. The molecule has 5 nitrogen and oxygen atoms in total. The van der Waals surface area contributed by atoms with Gasteiger partial charge in [-0.1, -0.05) is 29.8 Å². The Labute approximate surface area is 149 Å². The molecule has 0 radical (unpaired) electrons. The first-order valence-corrected chi connectivity index (χ1v) is 8.30. The van der Waals surface area contributed by atoms with Gasteiger partial charge in [-0.15, -0.1) is 0 Å². The second kappa shape index (κ2) is 7.40. The summed E-state index contributed by atoms with van der Waals surface area (Å²) in [4.78, 5) is 24.2. The van der Waals surface area contributed by atoms with Crippen molar-refractivity contribution in [3.63, 3.8) is 0 Å². The Bertz CT molecular complexity index is 965. The summed E-state index contributed by atoms with van der Waals surface area (Å²) in [5.41, 5.74) is 1.00. The predicted molar refractivity (Wildman–Crippen MR) is 97.5 cm³/mol. The Hall–Kier alpha value is -2.79. The van der Waals surface area contributed by atoms with Crippen molar-refractivity contribution in [3.8, 4) is 0 Å². The van der Waals surface area contributed by atoms with E-state index in [2.05, 4.69) is 5.32 Å². The van der Waals surface area contributed by atoms with Crippen molar-refractivity contribution in [2.75, 3.05) is 6.54 Å². The van der Waals surface area contributed by atoms with Gasteiger partial charge in [-0.05, 0) is 54.1 Å². The number of aromatic nitrogens is 1. The molecular weight excluding hydrogens is 340 g/mol. The molecule has 2 N–H and O–H groups in total. The number of carbonyl (C=O) groups excluding carboxylic acids is 1. The van der Waals surface area contributed by atoms with E-state index < -0.39 is 5.56 Å². The summed E-state index contributed by atoms with van der Waals surface area (Å²) >= 11 is 5.85. The molecule has 0 unspecified atom stereocenters. The van der Waals surface area contributed by atoms with Crippen LogP contribution in [-0.4, -0.2) is 22.4 Å². The van der Waals surface area contributed by atoms with Crippen LogP contribution in [0.25, 0.3) is 10.8 Å². The van der Waals surface area contributed by atoms with E-state index in [1.54, 1.807) is 18.2 Å². The number of fused-ring (bicyclic) bond motifs is 1. The van der Waals surface area contributed by atoms with Gasteiger partial charge in [0.25, 0.3) is 11.5 Å². The van der Waals surface area contributed by atoms with E-state index in [1.807, 2.05) is 24.3 Å². The Morgan fingerprint density at radius 2 is 1.88 bits per heavy atom. The maximum atomic E-state index is 12.2. The van der Waals surface area contributed by atoms with Crippen LogP contribution in [0.1, 0.15) is 22.3 Å². The van der Waals surface area contributed by atoms with Crippen LogP contribution in [0.5, 0.6) is 0 Å². The number of benzene rings is 2. The fraction of sp³-hybridized carbons (Fsp3) is 0.158. The van der Waals surface area contributed by atoms with Crippen LogP contribution in [0.2, 0.25) is 5.02 Å². The van der Waals surface area contributed by atoms with Crippen molar-refractivity contribution in [3.05, 3.63) is 81.2 Å². The molecule has 0 aliphatic carbocycles. The molecular formula is C19H17ClN2O3. The standard InChI is InChI=1S/C19H17ClN2O3/c20-16-7-3-13(4-8-16)2-1-10-21-18(23)15-6-5-14-9-11-22(25)19(24)17(14)12-15/h3-9,11-12,25H,1-2,10H2,(H,21,23). The van der Waals surface area contributed by atoms with Crippen LogP contribution in [0, 0.1) is 0 Å². The van der Waals surface area contributed by atoms with Crippen LogP contribution in [0.3, 0.4) is 0 Å². The molecule has 1 aromatic heterocycles. The first kappa shape index (κ1) is 17.0. The predicted octanol–water partition coefficient (Wildman–Crippen LogP) is 3.25. The Balaban J connectivity index is 1.61. The first-order chi connectivity index (χ1) is 12.0. The van der Waals surface area contributed by atoms with Crippen molar-refractivity contribution >= 4 is 28.3 Å². The second-order valence-electron chi connectivity index (χ2n) is 5.75. The summed E-state index contributed by atoms with van der Waals surface area (Å²) in [6.45, 7) is 0.526. The lowest BCUT2D eigenvalue weighted by Crippen LogP contribution is -2.25. The van der Waals surface area contributed by atoms with Gasteiger partial charge in [-0.3, -0.25) is 9.59 Å². The van der Waals surface area contributed by atoms with Crippen LogP contribution < -0.4 is 10.9 Å². The molecule has 6 heteroatoms. The van der Waals surface area contributed by atoms with Crippen molar-refractivity contribution in [2.45, 2.75) is 12.8 Å². The van der Waals surface area contributed by atoms with Gasteiger partial charge in [-0.25, -0.2) is 0 Å². The molecule has 0 aliphatic heterocycles. The molecule has 0 spiro atoms. The SMILES string of the molecule is O=C(NCCCc1ccc(Cl)cc1)c1ccc2ccn(O)c(=O)c2c1. The van der Waals surface area contributed by atoms with E-state index in [0.29, 0.717) is 32.6 Å². The number of pyridine rings is 1. The quantitative estimate of drug-likeness (QED) is 0.544. The monoisotopic (exact) mass is 356 g/mol. The zero-order valence-electron chi connectivity index (χ0n) is 13.4. The summed E-state index contributed by atoms with van der Waals surface area (Å²) in [6, 6.07) is 14.1. The summed E-state index contributed by atoms with van der Waals surface area (Å²) in [7, 11) is 0. The van der Waals surface area contributed by atoms with E-state index in [1.165, 1.54) is 12.3 Å². The van der Waals surface area contributed by atoms with Crippen LogP contribution in [-0.2, 0) is 6.42 Å². The average Bonchev–Trinajstić information content (AvgIpc) is 2.63. The molecule has 3 rings (SSSR count). The van der Waals surface area contributed by atoms with Crippen LogP contribution in [0.15, 0.2) is 59.5 Å². The van der Waals surface area contributed by atoms with E-state index in [4.69, 9.17) is 11.6 Å². The fourth-order valence-corrected chi connectivity index (χ4v) is 2.74. The van der Waals surface area contributed by atoms with Crippen LogP contribution >= 0.6 is 11.6 Å². The molecule has 1 heterocycles. The van der Waals surface area contributed by atoms with Crippen molar-refractivity contribution in [1.82, 2.24) is 10.0 Å². The number of rotatable bonds is 5. The number of amides is 1. The molecule has 128 valence electrons. The number of nitrogens with zero attached hydrogens (tertiary/aromatic N) is 1. The summed E-state index contributed by atoms with van der Waals surface area (Å²) in [6.07, 6.45) is 2.91. The summed E-state index contributed by atoms with van der Waals surface area (Å²) < 4.78 is 0.510. The van der Waals surface area contributed by atoms with Crippen molar-refractivity contribution in [1.29, 1.82) is 0 Å². The lowest BCUT2D eigenvalue weighted by atomic mass is 10.1. The van der Waals surface area contributed by atoms with Gasteiger partial charge in [0, 0.05) is 23.3 Å². The van der Waals surface area contributed by atoms with E-state index >= 15 is 0 Å². The molecule has 0 saturated heterocycles. The van der Waals surface area contributed by atoms with Gasteiger partial charge in [0.15, 0.2) is 0 Å². The highest BCUT2D eigenvalue weighted by Crippen LogP contribution is 2.13. The Morgan fingerprint density at radius 1 is 1.12 bits per heavy atom. The lowest BCUT2D eigenvalue weighted by molar-refractivity contribution is 0.0953. The topological polar surface area (TPSA) is 71.3 Å². The molecule has 0 fully saturated rings. The van der Waals surface area contributed by atoms with Crippen molar-refractivity contribution in [2.24, 2.45) is 0 Å².